The molecule has 138 valence electrons. The zero-order valence-electron chi connectivity index (χ0n) is 15.5. The topological polar surface area (TPSA) is 37.3 Å². The molecule has 0 atom stereocenters. The molecule has 0 radical (unpaired) electrons. The SMILES string of the molecule is Cc1ccsc1CC(=O)c1ccc2ccc3ccc(C)c4c(Br)c(O)c1c2c34. The molecule has 0 saturated heterocycles. The van der Waals surface area contributed by atoms with Crippen LogP contribution < -0.4 is 0 Å². The van der Waals surface area contributed by atoms with Gasteiger partial charge in [0, 0.05) is 33.0 Å². The molecule has 28 heavy (non-hydrogen) atoms. The minimum atomic E-state index is 0.0300. The predicted octanol–water partition coefficient (Wildman–Crippen LogP) is 7.16. The van der Waals surface area contributed by atoms with Gasteiger partial charge in [-0.1, -0.05) is 36.4 Å². The zero-order valence-corrected chi connectivity index (χ0v) is 17.9. The molecule has 1 heterocycles. The van der Waals surface area contributed by atoms with E-state index in [0.717, 1.165) is 42.9 Å². The van der Waals surface area contributed by atoms with Crippen molar-refractivity contribution in [2.75, 3.05) is 0 Å². The van der Waals surface area contributed by atoms with E-state index in [2.05, 4.69) is 40.2 Å². The number of phenolic OH excluding ortho intramolecular Hbond substituents is 1. The van der Waals surface area contributed by atoms with E-state index in [1.54, 1.807) is 11.3 Å². The summed E-state index contributed by atoms with van der Waals surface area (Å²) >= 11 is 5.21. The van der Waals surface area contributed by atoms with E-state index < -0.39 is 0 Å². The summed E-state index contributed by atoms with van der Waals surface area (Å²) in [7, 11) is 0. The molecule has 0 fully saturated rings. The van der Waals surface area contributed by atoms with Crippen molar-refractivity contribution in [3.8, 4) is 5.75 Å². The van der Waals surface area contributed by atoms with Crippen molar-refractivity contribution >= 4 is 65.4 Å². The van der Waals surface area contributed by atoms with Crippen molar-refractivity contribution < 1.29 is 9.90 Å². The van der Waals surface area contributed by atoms with Crippen LogP contribution in [0.3, 0.4) is 0 Å². The molecule has 4 heteroatoms. The maximum Gasteiger partial charge on any atom is 0.168 e. The van der Waals surface area contributed by atoms with E-state index in [-0.39, 0.29) is 11.5 Å². The number of aromatic hydroxyl groups is 1. The molecule has 0 bridgehead atoms. The highest BCUT2D eigenvalue weighted by Gasteiger charge is 2.22. The Balaban J connectivity index is 1.87. The van der Waals surface area contributed by atoms with Gasteiger partial charge in [-0.2, -0.15) is 0 Å². The second-order valence-electron chi connectivity index (χ2n) is 7.30. The van der Waals surface area contributed by atoms with Crippen molar-refractivity contribution in [2.45, 2.75) is 20.3 Å². The molecular weight excluding hydrogens is 432 g/mol. The number of hydrogen-bond donors (Lipinski definition) is 1. The van der Waals surface area contributed by atoms with E-state index in [4.69, 9.17) is 0 Å². The van der Waals surface area contributed by atoms with Crippen LogP contribution in [0.2, 0.25) is 0 Å². The number of thiophene rings is 1. The van der Waals surface area contributed by atoms with Crippen LogP contribution in [-0.2, 0) is 6.42 Å². The third-order valence-electron chi connectivity index (χ3n) is 5.63. The highest BCUT2D eigenvalue weighted by Crippen LogP contribution is 2.47. The highest BCUT2D eigenvalue weighted by atomic mass is 79.9. The Bertz CT molecular complexity index is 1400. The number of Topliss-reactive ketones (excluding diaryl/α,β-unsaturated/α-hetero) is 1. The molecule has 0 unspecified atom stereocenters. The van der Waals surface area contributed by atoms with E-state index >= 15 is 0 Å². The third kappa shape index (κ3) is 2.41. The molecule has 0 saturated carbocycles. The summed E-state index contributed by atoms with van der Waals surface area (Å²) in [5.41, 5.74) is 2.81. The lowest BCUT2D eigenvalue weighted by Gasteiger charge is -2.18. The van der Waals surface area contributed by atoms with Crippen LogP contribution in [0, 0.1) is 13.8 Å². The Hall–Kier alpha value is -2.43. The predicted molar refractivity (Wildman–Crippen MR) is 121 cm³/mol. The minimum Gasteiger partial charge on any atom is -0.506 e. The molecule has 5 rings (SSSR count). The van der Waals surface area contributed by atoms with Gasteiger partial charge < -0.3 is 5.11 Å². The fraction of sp³-hybridized carbons (Fsp3) is 0.125. The molecule has 0 aliphatic rings. The molecular formula is C24H17BrO2S. The van der Waals surface area contributed by atoms with Crippen LogP contribution >= 0.6 is 27.3 Å². The quantitative estimate of drug-likeness (QED) is 0.235. The molecule has 0 aliphatic carbocycles. The lowest BCUT2D eigenvalue weighted by Crippen LogP contribution is -2.05. The first kappa shape index (κ1) is 17.7. The van der Waals surface area contributed by atoms with Gasteiger partial charge in [-0.05, 0) is 68.5 Å². The van der Waals surface area contributed by atoms with Crippen molar-refractivity contribution in [1.82, 2.24) is 0 Å². The molecule has 5 aromatic rings. The van der Waals surface area contributed by atoms with Gasteiger partial charge >= 0.3 is 0 Å². The molecule has 0 amide bonds. The Morgan fingerprint density at radius 3 is 2.21 bits per heavy atom. The molecule has 0 spiro atoms. The summed E-state index contributed by atoms with van der Waals surface area (Å²) < 4.78 is 0.656. The van der Waals surface area contributed by atoms with Gasteiger partial charge in [-0.25, -0.2) is 0 Å². The number of carbonyl (C=O) groups is 1. The monoisotopic (exact) mass is 448 g/mol. The van der Waals surface area contributed by atoms with Gasteiger partial charge in [0.05, 0.1) is 4.47 Å². The van der Waals surface area contributed by atoms with Crippen molar-refractivity contribution in [3.63, 3.8) is 0 Å². The first-order valence-corrected chi connectivity index (χ1v) is 10.8. The van der Waals surface area contributed by atoms with E-state index in [1.165, 1.54) is 0 Å². The molecule has 1 N–H and O–H groups in total. The number of hydrogen-bond acceptors (Lipinski definition) is 3. The number of ketones is 1. The van der Waals surface area contributed by atoms with Gasteiger partial charge in [0.2, 0.25) is 0 Å². The zero-order chi connectivity index (χ0) is 19.6. The van der Waals surface area contributed by atoms with E-state index in [9.17, 15) is 9.90 Å². The van der Waals surface area contributed by atoms with E-state index in [1.807, 2.05) is 37.4 Å². The maximum atomic E-state index is 13.2. The maximum absolute atomic E-state index is 13.2. The fourth-order valence-electron chi connectivity index (χ4n) is 4.15. The lowest BCUT2D eigenvalue weighted by molar-refractivity contribution is 0.0995. The number of phenols is 1. The average Bonchev–Trinajstić information content (AvgIpc) is 3.09. The molecule has 0 aliphatic heterocycles. The first-order chi connectivity index (χ1) is 13.5. The van der Waals surface area contributed by atoms with Crippen LogP contribution in [0.4, 0.5) is 0 Å². The largest absolute Gasteiger partial charge is 0.506 e. The van der Waals surface area contributed by atoms with Gasteiger partial charge in [-0.15, -0.1) is 11.3 Å². The van der Waals surface area contributed by atoms with Gasteiger partial charge in [0.25, 0.3) is 0 Å². The van der Waals surface area contributed by atoms with Crippen molar-refractivity contribution in [2.24, 2.45) is 0 Å². The Morgan fingerprint density at radius 2 is 1.54 bits per heavy atom. The molecule has 1 aromatic heterocycles. The summed E-state index contributed by atoms with van der Waals surface area (Å²) in [5, 5.41) is 19.0. The van der Waals surface area contributed by atoms with Gasteiger partial charge in [0.1, 0.15) is 5.75 Å². The number of benzene rings is 4. The fourth-order valence-corrected chi connectivity index (χ4v) is 5.77. The smallest absolute Gasteiger partial charge is 0.168 e. The Kier molecular flexibility index (Phi) is 3.97. The normalized spacial score (nSPS) is 11.8. The Labute approximate surface area is 174 Å². The van der Waals surface area contributed by atoms with Crippen LogP contribution in [0.5, 0.6) is 5.75 Å². The Morgan fingerprint density at radius 1 is 0.893 bits per heavy atom. The van der Waals surface area contributed by atoms with E-state index in [0.29, 0.717) is 21.8 Å². The summed E-state index contributed by atoms with van der Waals surface area (Å²) in [5.74, 6) is 0.175. The highest BCUT2D eigenvalue weighted by molar-refractivity contribution is 9.10. The third-order valence-corrected chi connectivity index (χ3v) is 7.42. The number of rotatable bonds is 3. The summed E-state index contributed by atoms with van der Waals surface area (Å²) in [6.07, 6.45) is 0.351. The van der Waals surface area contributed by atoms with Crippen LogP contribution in [0.15, 0.2) is 52.3 Å². The number of carbonyl (C=O) groups excluding carboxylic acids is 1. The molecule has 2 nitrogen and oxygen atoms in total. The average molecular weight is 449 g/mol. The second kappa shape index (κ2) is 6.29. The molecule has 4 aromatic carbocycles. The number of halogens is 1. The summed E-state index contributed by atoms with van der Waals surface area (Å²) in [6.45, 7) is 4.07. The standard InChI is InChI=1S/C24H17BrO2S/c1-12-9-10-28-18(12)11-17(26)16-8-7-15-6-5-14-4-3-13(2)19-20(14)21(15)22(16)24(27)23(19)25/h3-10,27H,11H2,1-2H3. The van der Waals surface area contributed by atoms with Crippen molar-refractivity contribution in [3.05, 3.63) is 73.9 Å². The van der Waals surface area contributed by atoms with Crippen LogP contribution in [0.25, 0.3) is 32.3 Å². The first-order valence-electron chi connectivity index (χ1n) is 9.12. The summed E-state index contributed by atoms with van der Waals surface area (Å²) in [6, 6.07) is 14.2. The number of aryl methyl sites for hydroxylation is 2. The van der Waals surface area contributed by atoms with Crippen LogP contribution in [-0.4, -0.2) is 10.9 Å². The van der Waals surface area contributed by atoms with Crippen LogP contribution in [0.1, 0.15) is 26.4 Å². The lowest BCUT2D eigenvalue weighted by atomic mass is 9.88. The minimum absolute atomic E-state index is 0.0300. The summed E-state index contributed by atoms with van der Waals surface area (Å²) in [4.78, 5) is 14.3. The van der Waals surface area contributed by atoms with Gasteiger partial charge in [-0.3, -0.25) is 4.79 Å². The second-order valence-corrected chi connectivity index (χ2v) is 9.09. The van der Waals surface area contributed by atoms with Gasteiger partial charge in [0.15, 0.2) is 5.78 Å². The van der Waals surface area contributed by atoms with Crippen molar-refractivity contribution in [1.29, 1.82) is 0 Å².